The molecule has 39 valence electrons. The van der Waals surface area contributed by atoms with Crippen molar-refractivity contribution in [2.24, 2.45) is 0 Å². The Morgan fingerprint density at radius 1 is 1.71 bits per heavy atom. The van der Waals surface area contributed by atoms with Crippen LogP contribution in [0.1, 0.15) is 0 Å². The zero-order valence-electron chi connectivity index (χ0n) is 3.45. The van der Waals surface area contributed by atoms with E-state index in [1.54, 1.807) is 0 Å². The molecule has 0 aliphatic heterocycles. The molecule has 0 aliphatic carbocycles. The van der Waals surface area contributed by atoms with Crippen LogP contribution in [0.25, 0.3) is 0 Å². The molecule has 0 atom stereocenters. The van der Waals surface area contributed by atoms with Gasteiger partial charge in [0.2, 0.25) is 0 Å². The summed E-state index contributed by atoms with van der Waals surface area (Å²) in [6.45, 7) is -1.52. The maximum Gasteiger partial charge on any atom is 0.333 e. The molecule has 0 fully saturated rings. The molecular weight excluding hydrogens is 102 g/mol. The molecule has 0 bridgehead atoms. The molecule has 0 unspecified atom stereocenters. The van der Waals surface area contributed by atoms with Crippen LogP contribution < -0.4 is 0 Å². The summed E-state index contributed by atoms with van der Waals surface area (Å²) in [6.07, 6.45) is 4.22. The van der Waals surface area contributed by atoms with Crippen molar-refractivity contribution >= 4 is 0 Å². The smallest absolute Gasteiger partial charge is 0.229 e. The number of hydrogen-bond acceptors (Lipinski definition) is 0. The van der Waals surface area contributed by atoms with Crippen LogP contribution in [-0.2, 0) is 5.11 Å². The van der Waals surface area contributed by atoms with Gasteiger partial charge in [0, 0.05) is 0 Å². The van der Waals surface area contributed by atoms with Gasteiger partial charge in [-0.3, -0.25) is 0 Å². The molecular formula is C4H3F2O. The zero-order chi connectivity index (χ0) is 5.91. The van der Waals surface area contributed by atoms with Gasteiger partial charge >= 0.3 is 5.92 Å². The highest BCUT2D eigenvalue weighted by Gasteiger charge is 2.23. The van der Waals surface area contributed by atoms with Gasteiger partial charge in [-0.15, -0.1) is 6.42 Å². The molecule has 0 aromatic heterocycles. The van der Waals surface area contributed by atoms with Gasteiger partial charge in [-0.25, -0.2) is 5.11 Å². The van der Waals surface area contributed by atoms with E-state index < -0.39 is 12.5 Å². The Morgan fingerprint density at radius 2 is 2.14 bits per heavy atom. The molecule has 0 saturated carbocycles. The second-order valence-electron chi connectivity index (χ2n) is 0.993. The van der Waals surface area contributed by atoms with E-state index in [2.05, 4.69) is 6.42 Å². The van der Waals surface area contributed by atoms with E-state index in [1.165, 1.54) is 0 Å². The van der Waals surface area contributed by atoms with Crippen LogP contribution in [0.5, 0.6) is 0 Å². The predicted molar refractivity (Wildman–Crippen MR) is 19.3 cm³/mol. The van der Waals surface area contributed by atoms with Crippen LogP contribution in [0.4, 0.5) is 8.78 Å². The lowest BCUT2D eigenvalue weighted by atomic mass is 10.4. The van der Waals surface area contributed by atoms with Gasteiger partial charge in [-0.1, -0.05) is 0 Å². The fourth-order valence-corrected chi connectivity index (χ4v) is 0.0417. The number of halogens is 2. The molecule has 0 saturated heterocycles. The Labute approximate surface area is 40.0 Å². The highest BCUT2D eigenvalue weighted by molar-refractivity contribution is 4.99. The third-order valence-corrected chi connectivity index (χ3v) is 0.392. The van der Waals surface area contributed by atoms with Crippen molar-refractivity contribution in [2.75, 3.05) is 6.61 Å². The van der Waals surface area contributed by atoms with Gasteiger partial charge in [0.25, 0.3) is 0 Å². The first-order chi connectivity index (χ1) is 3.12. The van der Waals surface area contributed by atoms with Gasteiger partial charge in [-0.05, 0) is 5.92 Å². The molecule has 0 amide bonds. The number of alkyl halides is 2. The Balaban J connectivity index is 3.66. The second-order valence-corrected chi connectivity index (χ2v) is 0.993. The van der Waals surface area contributed by atoms with E-state index >= 15 is 0 Å². The summed E-state index contributed by atoms with van der Waals surface area (Å²) in [5, 5.41) is 9.29. The van der Waals surface area contributed by atoms with Gasteiger partial charge in [0.05, 0.1) is 0 Å². The molecule has 0 aromatic carbocycles. The lowest BCUT2D eigenvalue weighted by Crippen LogP contribution is -2.16. The van der Waals surface area contributed by atoms with Gasteiger partial charge in [-0.2, -0.15) is 8.78 Å². The van der Waals surface area contributed by atoms with Crippen molar-refractivity contribution in [2.45, 2.75) is 5.92 Å². The largest absolute Gasteiger partial charge is 0.333 e. The van der Waals surface area contributed by atoms with E-state index in [9.17, 15) is 13.9 Å². The summed E-state index contributed by atoms with van der Waals surface area (Å²) in [7, 11) is 0. The SMILES string of the molecule is C#CC(F)(F)C[O]. The lowest BCUT2D eigenvalue weighted by molar-refractivity contribution is -0.0240. The minimum Gasteiger partial charge on any atom is -0.229 e. The normalized spacial score (nSPS) is 10.6. The van der Waals surface area contributed by atoms with Crippen LogP contribution in [0.15, 0.2) is 0 Å². The minimum atomic E-state index is -3.44. The van der Waals surface area contributed by atoms with Crippen LogP contribution >= 0.6 is 0 Å². The average molecular weight is 105 g/mol. The summed E-state index contributed by atoms with van der Waals surface area (Å²) < 4.78 is 22.7. The highest BCUT2D eigenvalue weighted by atomic mass is 19.3. The third kappa shape index (κ3) is 2.12. The van der Waals surface area contributed by atoms with Crippen molar-refractivity contribution in [1.29, 1.82) is 0 Å². The Kier molecular flexibility index (Phi) is 1.73. The maximum absolute atomic E-state index is 11.3. The summed E-state index contributed by atoms with van der Waals surface area (Å²) in [6, 6.07) is 0. The molecule has 0 N–H and O–H groups in total. The summed E-state index contributed by atoms with van der Waals surface area (Å²) in [5.41, 5.74) is 0. The van der Waals surface area contributed by atoms with Crippen molar-refractivity contribution in [3.63, 3.8) is 0 Å². The molecule has 1 radical (unpaired) electrons. The van der Waals surface area contributed by atoms with E-state index in [1.807, 2.05) is 0 Å². The standard InChI is InChI=1S/C4H3F2O/c1-2-4(5,6)3-7/h1H,3H2. The molecule has 0 spiro atoms. The van der Waals surface area contributed by atoms with Crippen LogP contribution in [0.2, 0.25) is 0 Å². The van der Waals surface area contributed by atoms with E-state index in [4.69, 9.17) is 0 Å². The quantitative estimate of drug-likeness (QED) is 0.437. The summed E-state index contributed by atoms with van der Waals surface area (Å²) >= 11 is 0. The van der Waals surface area contributed by atoms with Gasteiger partial charge in [0.15, 0.2) is 6.61 Å². The van der Waals surface area contributed by atoms with Crippen molar-refractivity contribution < 1.29 is 13.9 Å². The molecule has 0 aliphatic rings. The molecule has 3 heteroatoms. The van der Waals surface area contributed by atoms with Crippen molar-refractivity contribution in [3.8, 4) is 12.3 Å². The second kappa shape index (κ2) is 1.90. The van der Waals surface area contributed by atoms with Crippen LogP contribution in [0, 0.1) is 12.3 Å². The fraction of sp³-hybridized carbons (Fsp3) is 0.500. The van der Waals surface area contributed by atoms with Crippen LogP contribution in [-0.4, -0.2) is 12.5 Å². The number of rotatable bonds is 1. The maximum atomic E-state index is 11.3. The Hall–Kier alpha value is -0.620. The fourth-order valence-electron chi connectivity index (χ4n) is 0.0417. The van der Waals surface area contributed by atoms with E-state index in [0.29, 0.717) is 0 Å². The first-order valence-electron chi connectivity index (χ1n) is 1.56. The number of terminal acetylenes is 1. The molecule has 7 heavy (non-hydrogen) atoms. The lowest BCUT2D eigenvalue weighted by Gasteiger charge is -1.98. The Bertz CT molecular complexity index is 92.4. The average Bonchev–Trinajstić information content (AvgIpc) is 1.68. The number of hydrogen-bond donors (Lipinski definition) is 0. The summed E-state index contributed by atoms with van der Waals surface area (Å²) in [5.74, 6) is -2.40. The topological polar surface area (TPSA) is 19.9 Å². The highest BCUT2D eigenvalue weighted by Crippen LogP contribution is 2.08. The molecule has 0 rings (SSSR count). The van der Waals surface area contributed by atoms with Crippen LogP contribution in [0.3, 0.4) is 0 Å². The summed E-state index contributed by atoms with van der Waals surface area (Å²) in [4.78, 5) is 0. The predicted octanol–water partition coefficient (Wildman–Crippen LogP) is 0.685. The molecule has 1 nitrogen and oxygen atoms in total. The van der Waals surface area contributed by atoms with Crippen molar-refractivity contribution in [3.05, 3.63) is 0 Å². The van der Waals surface area contributed by atoms with E-state index in [0.717, 1.165) is 5.92 Å². The minimum absolute atomic E-state index is 1.05. The molecule has 0 aromatic rings. The zero-order valence-corrected chi connectivity index (χ0v) is 3.45. The first kappa shape index (κ1) is 6.38. The van der Waals surface area contributed by atoms with E-state index in [-0.39, 0.29) is 0 Å². The Morgan fingerprint density at radius 3 is 2.14 bits per heavy atom. The molecule has 0 heterocycles. The van der Waals surface area contributed by atoms with Gasteiger partial charge in [0.1, 0.15) is 0 Å². The first-order valence-corrected chi connectivity index (χ1v) is 1.56. The van der Waals surface area contributed by atoms with Gasteiger partial charge < -0.3 is 0 Å². The monoisotopic (exact) mass is 105 g/mol. The third-order valence-electron chi connectivity index (χ3n) is 0.392. The van der Waals surface area contributed by atoms with Crippen molar-refractivity contribution in [1.82, 2.24) is 0 Å².